The van der Waals surface area contributed by atoms with Gasteiger partial charge in [-0.25, -0.2) is 4.98 Å². The van der Waals surface area contributed by atoms with Gasteiger partial charge in [0.2, 0.25) is 0 Å². The standard InChI is InChI=1S/C16H20N2S/c1-10-6-7-11(2)15(12(10)3)14-9-19-16(18-14)13-5-4-8-17-13/h6-7,9,13,17H,4-5,8H2,1-3H3/t13-/m0/s1. The fourth-order valence-electron chi connectivity index (χ4n) is 2.80. The molecule has 1 aromatic heterocycles. The van der Waals surface area contributed by atoms with Gasteiger partial charge in [-0.05, 0) is 56.8 Å². The van der Waals surface area contributed by atoms with E-state index in [0.29, 0.717) is 6.04 Å². The van der Waals surface area contributed by atoms with E-state index in [-0.39, 0.29) is 0 Å². The lowest BCUT2D eigenvalue weighted by molar-refractivity contribution is 0.643. The molecule has 0 radical (unpaired) electrons. The fourth-order valence-corrected chi connectivity index (χ4v) is 3.72. The van der Waals surface area contributed by atoms with E-state index in [2.05, 4.69) is 43.6 Å². The molecule has 2 nitrogen and oxygen atoms in total. The number of hydrogen-bond acceptors (Lipinski definition) is 3. The highest BCUT2D eigenvalue weighted by molar-refractivity contribution is 7.10. The lowest BCUT2D eigenvalue weighted by Gasteiger charge is -2.10. The number of aryl methyl sites for hydroxylation is 2. The molecule has 3 rings (SSSR count). The van der Waals surface area contributed by atoms with E-state index < -0.39 is 0 Å². The molecule has 2 heterocycles. The molecule has 1 fully saturated rings. The maximum absolute atomic E-state index is 4.88. The Bertz CT molecular complexity index is 595. The lowest BCUT2D eigenvalue weighted by atomic mass is 9.97. The molecule has 1 atom stereocenters. The third-order valence-corrected chi connectivity index (χ3v) is 5.04. The van der Waals surface area contributed by atoms with E-state index in [1.54, 1.807) is 11.3 Å². The Labute approximate surface area is 118 Å². The summed E-state index contributed by atoms with van der Waals surface area (Å²) in [6, 6.07) is 4.87. The van der Waals surface area contributed by atoms with Gasteiger partial charge in [-0.2, -0.15) is 0 Å². The molecule has 19 heavy (non-hydrogen) atoms. The quantitative estimate of drug-likeness (QED) is 0.888. The van der Waals surface area contributed by atoms with Crippen LogP contribution in [0, 0.1) is 20.8 Å². The summed E-state index contributed by atoms with van der Waals surface area (Å²) in [5.41, 5.74) is 6.48. The molecule has 2 aromatic rings. The number of rotatable bonds is 2. The zero-order valence-electron chi connectivity index (χ0n) is 11.8. The minimum absolute atomic E-state index is 0.476. The zero-order chi connectivity index (χ0) is 13.4. The van der Waals surface area contributed by atoms with Crippen molar-refractivity contribution in [2.75, 3.05) is 6.54 Å². The van der Waals surface area contributed by atoms with Crippen molar-refractivity contribution < 1.29 is 0 Å². The van der Waals surface area contributed by atoms with Gasteiger partial charge in [0.05, 0.1) is 11.7 Å². The average Bonchev–Trinajstić information content (AvgIpc) is 3.04. The highest BCUT2D eigenvalue weighted by atomic mass is 32.1. The molecule has 1 saturated heterocycles. The molecular weight excluding hydrogens is 252 g/mol. The van der Waals surface area contributed by atoms with Gasteiger partial charge >= 0.3 is 0 Å². The topological polar surface area (TPSA) is 24.9 Å². The predicted molar refractivity (Wildman–Crippen MR) is 81.7 cm³/mol. The molecule has 1 aliphatic heterocycles. The van der Waals surface area contributed by atoms with Crippen LogP contribution in [-0.4, -0.2) is 11.5 Å². The Morgan fingerprint density at radius 3 is 2.74 bits per heavy atom. The summed E-state index contributed by atoms with van der Waals surface area (Å²) in [5.74, 6) is 0. The first kappa shape index (κ1) is 12.8. The maximum Gasteiger partial charge on any atom is 0.110 e. The van der Waals surface area contributed by atoms with Crippen LogP contribution in [0.15, 0.2) is 17.5 Å². The summed E-state index contributed by atoms with van der Waals surface area (Å²) in [6.45, 7) is 7.67. The second kappa shape index (κ2) is 5.06. The van der Waals surface area contributed by atoms with Crippen LogP contribution in [-0.2, 0) is 0 Å². The summed E-state index contributed by atoms with van der Waals surface area (Å²) < 4.78 is 0. The monoisotopic (exact) mass is 272 g/mol. The smallest absolute Gasteiger partial charge is 0.110 e. The third kappa shape index (κ3) is 2.33. The van der Waals surface area contributed by atoms with Gasteiger partial charge in [0.15, 0.2) is 0 Å². The Balaban J connectivity index is 2.01. The summed E-state index contributed by atoms with van der Waals surface area (Å²) >= 11 is 1.79. The second-order valence-electron chi connectivity index (χ2n) is 5.42. The van der Waals surface area contributed by atoms with E-state index in [0.717, 1.165) is 12.2 Å². The Hall–Kier alpha value is -1.19. The molecule has 3 heteroatoms. The van der Waals surface area contributed by atoms with Crippen LogP contribution in [0.1, 0.15) is 40.6 Å². The predicted octanol–water partition coefficient (Wildman–Crippen LogP) is 4.16. The highest BCUT2D eigenvalue weighted by Gasteiger charge is 2.20. The summed E-state index contributed by atoms with van der Waals surface area (Å²) in [7, 11) is 0. The maximum atomic E-state index is 4.88. The van der Waals surface area contributed by atoms with Gasteiger partial charge in [-0.3, -0.25) is 0 Å². The SMILES string of the molecule is Cc1ccc(C)c(-c2csc([C@@H]3CCCN3)n2)c1C. The molecule has 1 N–H and O–H groups in total. The van der Waals surface area contributed by atoms with Crippen molar-refractivity contribution in [3.8, 4) is 11.3 Å². The second-order valence-corrected chi connectivity index (χ2v) is 6.31. The highest BCUT2D eigenvalue weighted by Crippen LogP contribution is 2.33. The van der Waals surface area contributed by atoms with Crippen LogP contribution in [0.4, 0.5) is 0 Å². The molecule has 0 spiro atoms. The first-order valence-electron chi connectivity index (χ1n) is 6.93. The zero-order valence-corrected chi connectivity index (χ0v) is 12.6. The summed E-state index contributed by atoms with van der Waals surface area (Å²) in [5, 5.41) is 6.98. The molecule has 0 aliphatic carbocycles. The summed E-state index contributed by atoms with van der Waals surface area (Å²) in [6.07, 6.45) is 2.49. The molecule has 0 unspecified atom stereocenters. The lowest BCUT2D eigenvalue weighted by Crippen LogP contribution is -2.12. The minimum atomic E-state index is 0.476. The number of benzene rings is 1. The van der Waals surface area contributed by atoms with Gasteiger partial charge in [0.1, 0.15) is 5.01 Å². The molecule has 100 valence electrons. The van der Waals surface area contributed by atoms with Crippen LogP contribution < -0.4 is 5.32 Å². The molecule has 1 aliphatic rings. The van der Waals surface area contributed by atoms with Crippen molar-refractivity contribution >= 4 is 11.3 Å². The van der Waals surface area contributed by atoms with E-state index in [1.165, 1.54) is 40.1 Å². The molecule has 0 amide bonds. The van der Waals surface area contributed by atoms with Gasteiger partial charge in [-0.1, -0.05) is 12.1 Å². The summed E-state index contributed by atoms with van der Waals surface area (Å²) in [4.78, 5) is 4.88. The largest absolute Gasteiger partial charge is 0.308 e. The Kier molecular flexibility index (Phi) is 3.42. The Morgan fingerprint density at radius 1 is 1.21 bits per heavy atom. The number of nitrogens with zero attached hydrogens (tertiary/aromatic N) is 1. The van der Waals surface area contributed by atoms with Gasteiger partial charge in [-0.15, -0.1) is 11.3 Å². The first-order valence-corrected chi connectivity index (χ1v) is 7.81. The Morgan fingerprint density at radius 2 is 2.00 bits per heavy atom. The van der Waals surface area contributed by atoms with Crippen LogP contribution in [0.5, 0.6) is 0 Å². The van der Waals surface area contributed by atoms with Crippen molar-refractivity contribution in [3.63, 3.8) is 0 Å². The normalized spacial score (nSPS) is 19.0. The first-order chi connectivity index (χ1) is 9.16. The van der Waals surface area contributed by atoms with Crippen molar-refractivity contribution in [1.82, 2.24) is 10.3 Å². The van der Waals surface area contributed by atoms with Crippen molar-refractivity contribution in [1.29, 1.82) is 0 Å². The molecule has 1 aromatic carbocycles. The van der Waals surface area contributed by atoms with Crippen LogP contribution in [0.2, 0.25) is 0 Å². The van der Waals surface area contributed by atoms with Crippen LogP contribution in [0.3, 0.4) is 0 Å². The average molecular weight is 272 g/mol. The van der Waals surface area contributed by atoms with Crippen molar-refractivity contribution in [2.24, 2.45) is 0 Å². The van der Waals surface area contributed by atoms with E-state index >= 15 is 0 Å². The van der Waals surface area contributed by atoms with Crippen molar-refractivity contribution in [2.45, 2.75) is 39.7 Å². The number of thiazole rings is 1. The van der Waals surface area contributed by atoms with E-state index in [9.17, 15) is 0 Å². The van der Waals surface area contributed by atoms with E-state index in [1.807, 2.05) is 0 Å². The third-order valence-electron chi connectivity index (χ3n) is 4.08. The molecular formula is C16H20N2S. The number of nitrogens with one attached hydrogen (secondary N) is 1. The number of hydrogen-bond donors (Lipinski definition) is 1. The van der Waals surface area contributed by atoms with Gasteiger partial charge in [0, 0.05) is 10.9 Å². The van der Waals surface area contributed by atoms with Gasteiger partial charge < -0.3 is 5.32 Å². The fraction of sp³-hybridized carbons (Fsp3) is 0.438. The van der Waals surface area contributed by atoms with Crippen LogP contribution >= 0.6 is 11.3 Å². The van der Waals surface area contributed by atoms with Gasteiger partial charge in [0.25, 0.3) is 0 Å². The van der Waals surface area contributed by atoms with E-state index in [4.69, 9.17) is 4.98 Å². The van der Waals surface area contributed by atoms with Crippen LogP contribution in [0.25, 0.3) is 11.3 Å². The molecule has 0 saturated carbocycles. The van der Waals surface area contributed by atoms with Crippen molar-refractivity contribution in [3.05, 3.63) is 39.2 Å². The molecule has 0 bridgehead atoms. The number of aromatic nitrogens is 1. The minimum Gasteiger partial charge on any atom is -0.308 e.